The van der Waals surface area contributed by atoms with Gasteiger partial charge in [0.25, 0.3) is 0 Å². The fourth-order valence-electron chi connectivity index (χ4n) is 1.09. The van der Waals surface area contributed by atoms with Crippen molar-refractivity contribution in [3.8, 4) is 5.88 Å². The van der Waals surface area contributed by atoms with Crippen LogP contribution in [0.2, 0.25) is 0 Å². The van der Waals surface area contributed by atoms with Crippen molar-refractivity contribution in [1.29, 1.82) is 0 Å². The van der Waals surface area contributed by atoms with Crippen LogP contribution in [0.1, 0.15) is 5.56 Å². The highest BCUT2D eigenvalue weighted by molar-refractivity contribution is 9.10. The van der Waals surface area contributed by atoms with Crippen LogP contribution < -0.4 is 4.74 Å². The first kappa shape index (κ1) is 11.9. The summed E-state index contributed by atoms with van der Waals surface area (Å²) in [6.45, 7) is 0. The number of hydrogen-bond donors (Lipinski definition) is 2. The topological polar surface area (TPSA) is 79.7 Å². The van der Waals surface area contributed by atoms with Crippen molar-refractivity contribution < 1.29 is 19.7 Å². The number of carboxylic acid groups (broad SMARTS) is 1. The smallest absolute Gasteiger partial charge is 0.332 e. The molecule has 1 aromatic rings. The minimum absolute atomic E-state index is 0.0368. The van der Waals surface area contributed by atoms with Gasteiger partial charge in [0.1, 0.15) is 0 Å². The Morgan fingerprint density at radius 2 is 2.40 bits per heavy atom. The number of methoxy groups -OCH3 is 1. The molecule has 0 radical (unpaired) electrons. The summed E-state index contributed by atoms with van der Waals surface area (Å²) in [6, 6.07) is 1.66. The van der Waals surface area contributed by atoms with Gasteiger partial charge in [0.2, 0.25) is 5.88 Å². The normalized spacial score (nSPS) is 12.2. The molecular weight excluding hydrogens is 266 g/mol. The lowest BCUT2D eigenvalue weighted by Gasteiger charge is -2.09. The Morgan fingerprint density at radius 1 is 1.73 bits per heavy atom. The van der Waals surface area contributed by atoms with E-state index in [9.17, 15) is 9.90 Å². The lowest BCUT2D eigenvalue weighted by atomic mass is 10.1. The number of ether oxygens (including phenoxy) is 1. The van der Waals surface area contributed by atoms with E-state index >= 15 is 0 Å². The number of aliphatic hydroxyl groups is 1. The molecule has 1 aromatic heterocycles. The maximum Gasteiger partial charge on any atom is 0.332 e. The van der Waals surface area contributed by atoms with Gasteiger partial charge >= 0.3 is 5.97 Å². The quantitative estimate of drug-likeness (QED) is 0.851. The second kappa shape index (κ2) is 5.09. The first-order valence-corrected chi connectivity index (χ1v) is 4.93. The largest absolute Gasteiger partial charge is 0.481 e. The molecule has 1 rings (SSSR count). The van der Waals surface area contributed by atoms with Gasteiger partial charge in [-0.2, -0.15) is 0 Å². The van der Waals surface area contributed by atoms with Gasteiger partial charge in [-0.05, 0) is 22.0 Å². The minimum atomic E-state index is -1.45. The van der Waals surface area contributed by atoms with E-state index in [0.29, 0.717) is 15.9 Å². The predicted octanol–water partition coefficient (Wildman–Crippen LogP) is 0.841. The second-order valence-electron chi connectivity index (χ2n) is 2.88. The van der Waals surface area contributed by atoms with Gasteiger partial charge in [-0.1, -0.05) is 0 Å². The predicted molar refractivity (Wildman–Crippen MR) is 55.8 cm³/mol. The SMILES string of the molecule is COc1ncc(Br)cc1CC(O)C(=O)O. The number of nitrogens with zero attached hydrogens (tertiary/aromatic N) is 1. The summed E-state index contributed by atoms with van der Waals surface area (Å²) in [5, 5.41) is 17.7. The standard InChI is InChI=1S/C9H10BrNO4/c1-15-8-5(2-6(10)4-11-8)3-7(12)9(13)14/h2,4,7,12H,3H2,1H3,(H,13,14). The number of halogens is 1. The van der Waals surface area contributed by atoms with E-state index in [1.807, 2.05) is 0 Å². The lowest BCUT2D eigenvalue weighted by molar-refractivity contribution is -0.146. The van der Waals surface area contributed by atoms with Crippen molar-refractivity contribution in [2.24, 2.45) is 0 Å². The Labute approximate surface area is 94.8 Å². The molecule has 15 heavy (non-hydrogen) atoms. The molecule has 0 fully saturated rings. The van der Waals surface area contributed by atoms with Gasteiger partial charge < -0.3 is 14.9 Å². The van der Waals surface area contributed by atoms with E-state index in [1.54, 1.807) is 6.07 Å². The Kier molecular flexibility index (Phi) is 4.05. The van der Waals surface area contributed by atoms with Crippen molar-refractivity contribution in [2.45, 2.75) is 12.5 Å². The van der Waals surface area contributed by atoms with Crippen LogP contribution in [0.3, 0.4) is 0 Å². The average Bonchev–Trinajstić information content (AvgIpc) is 2.18. The zero-order chi connectivity index (χ0) is 11.4. The number of carboxylic acids is 1. The van der Waals surface area contributed by atoms with Crippen LogP contribution in [0.15, 0.2) is 16.7 Å². The van der Waals surface area contributed by atoms with Crippen molar-refractivity contribution in [3.05, 3.63) is 22.3 Å². The van der Waals surface area contributed by atoms with Crippen LogP contribution in [0.5, 0.6) is 5.88 Å². The summed E-state index contributed by atoms with van der Waals surface area (Å²) >= 11 is 3.21. The van der Waals surface area contributed by atoms with Crippen LogP contribution in [0, 0.1) is 0 Å². The number of aliphatic hydroxyl groups excluding tert-OH is 1. The Morgan fingerprint density at radius 3 is 2.93 bits per heavy atom. The molecule has 2 N–H and O–H groups in total. The van der Waals surface area contributed by atoms with E-state index in [2.05, 4.69) is 20.9 Å². The number of hydrogen-bond acceptors (Lipinski definition) is 4. The molecule has 0 aliphatic rings. The van der Waals surface area contributed by atoms with Gasteiger partial charge in [0.15, 0.2) is 6.10 Å². The summed E-state index contributed by atoms with van der Waals surface area (Å²) in [4.78, 5) is 14.4. The lowest BCUT2D eigenvalue weighted by Crippen LogP contribution is -2.22. The van der Waals surface area contributed by atoms with Crippen molar-refractivity contribution >= 4 is 21.9 Å². The third kappa shape index (κ3) is 3.17. The molecule has 0 saturated heterocycles. The number of carbonyl (C=O) groups is 1. The summed E-state index contributed by atoms with van der Waals surface area (Å²) in [6.07, 6.45) is 0.0514. The van der Waals surface area contributed by atoms with Gasteiger partial charge in [-0.25, -0.2) is 9.78 Å². The number of aromatic nitrogens is 1. The first-order chi connectivity index (χ1) is 7.04. The Balaban J connectivity index is 2.91. The highest BCUT2D eigenvalue weighted by Crippen LogP contribution is 2.21. The molecule has 1 heterocycles. The third-order valence-corrected chi connectivity index (χ3v) is 2.22. The molecule has 6 heteroatoms. The minimum Gasteiger partial charge on any atom is -0.481 e. The monoisotopic (exact) mass is 275 g/mol. The van der Waals surface area contributed by atoms with Gasteiger partial charge in [0.05, 0.1) is 7.11 Å². The molecule has 0 aliphatic heterocycles. The van der Waals surface area contributed by atoms with E-state index in [-0.39, 0.29) is 6.42 Å². The van der Waals surface area contributed by atoms with E-state index in [1.165, 1.54) is 13.3 Å². The van der Waals surface area contributed by atoms with Crippen LogP contribution in [-0.2, 0) is 11.2 Å². The fraction of sp³-hybridized carbons (Fsp3) is 0.333. The zero-order valence-corrected chi connectivity index (χ0v) is 9.56. The highest BCUT2D eigenvalue weighted by Gasteiger charge is 2.17. The van der Waals surface area contributed by atoms with Crippen LogP contribution in [0.25, 0.3) is 0 Å². The maximum absolute atomic E-state index is 10.5. The summed E-state index contributed by atoms with van der Waals surface area (Å²) in [5.74, 6) is -0.949. The zero-order valence-electron chi connectivity index (χ0n) is 7.98. The molecule has 5 nitrogen and oxygen atoms in total. The molecule has 1 unspecified atom stereocenters. The molecule has 0 spiro atoms. The number of rotatable bonds is 4. The molecule has 82 valence electrons. The van der Waals surface area contributed by atoms with E-state index in [4.69, 9.17) is 9.84 Å². The van der Waals surface area contributed by atoms with Gasteiger partial charge in [-0.15, -0.1) is 0 Å². The van der Waals surface area contributed by atoms with Gasteiger partial charge in [0, 0.05) is 22.7 Å². The molecule has 0 aromatic carbocycles. The summed E-state index contributed by atoms with van der Waals surface area (Å²) in [7, 11) is 1.44. The van der Waals surface area contributed by atoms with Crippen LogP contribution >= 0.6 is 15.9 Å². The van der Waals surface area contributed by atoms with Gasteiger partial charge in [-0.3, -0.25) is 0 Å². The fourth-order valence-corrected chi connectivity index (χ4v) is 1.47. The number of pyridine rings is 1. The average molecular weight is 276 g/mol. The van der Waals surface area contributed by atoms with Crippen molar-refractivity contribution in [2.75, 3.05) is 7.11 Å². The van der Waals surface area contributed by atoms with Crippen LogP contribution in [0.4, 0.5) is 0 Å². The second-order valence-corrected chi connectivity index (χ2v) is 3.80. The van der Waals surface area contributed by atoms with Crippen LogP contribution in [-0.4, -0.2) is 34.4 Å². The third-order valence-electron chi connectivity index (χ3n) is 1.78. The molecule has 0 bridgehead atoms. The first-order valence-electron chi connectivity index (χ1n) is 4.14. The van der Waals surface area contributed by atoms with E-state index in [0.717, 1.165) is 0 Å². The summed E-state index contributed by atoms with van der Waals surface area (Å²) < 4.78 is 5.65. The molecule has 1 atom stereocenters. The van der Waals surface area contributed by atoms with Crippen molar-refractivity contribution in [3.63, 3.8) is 0 Å². The molecule has 0 saturated carbocycles. The Bertz CT molecular complexity index is 369. The Hall–Kier alpha value is -1.14. The highest BCUT2D eigenvalue weighted by atomic mass is 79.9. The molecular formula is C9H10BrNO4. The number of aliphatic carboxylic acids is 1. The molecule has 0 aliphatic carbocycles. The molecule has 0 amide bonds. The van der Waals surface area contributed by atoms with E-state index < -0.39 is 12.1 Å². The van der Waals surface area contributed by atoms with Crippen molar-refractivity contribution in [1.82, 2.24) is 4.98 Å². The summed E-state index contributed by atoms with van der Waals surface area (Å²) in [5.41, 5.74) is 0.543. The maximum atomic E-state index is 10.5.